The van der Waals surface area contributed by atoms with Crippen molar-refractivity contribution in [3.05, 3.63) is 12.7 Å². The summed E-state index contributed by atoms with van der Waals surface area (Å²) in [6.07, 6.45) is 7.97. The quantitative estimate of drug-likeness (QED) is 0.393. The van der Waals surface area contributed by atoms with Crippen molar-refractivity contribution in [2.24, 2.45) is 29.1 Å². The first-order valence-electron chi connectivity index (χ1n) is 8.57. The smallest absolute Gasteiger partial charge is 0.330 e. The maximum Gasteiger partial charge on any atom is 0.330 e. The summed E-state index contributed by atoms with van der Waals surface area (Å²) >= 11 is 0. The number of methoxy groups -OCH3 is 1. The Balaban J connectivity index is 1.48. The van der Waals surface area contributed by atoms with Gasteiger partial charge in [-0.2, -0.15) is 0 Å². The lowest BCUT2D eigenvalue weighted by Gasteiger charge is -2.43. The normalized spacial score (nSPS) is 39.0. The molecule has 2 bridgehead atoms. The summed E-state index contributed by atoms with van der Waals surface area (Å²) < 4.78 is 16.3. The number of rotatable bonds is 8. The van der Waals surface area contributed by atoms with Crippen LogP contribution in [0.25, 0.3) is 0 Å². The highest BCUT2D eigenvalue weighted by Crippen LogP contribution is 2.68. The molecule has 0 N–H and O–H groups in total. The second kappa shape index (κ2) is 6.71. The van der Waals surface area contributed by atoms with Crippen molar-refractivity contribution >= 4 is 5.97 Å². The van der Waals surface area contributed by atoms with Crippen LogP contribution in [-0.4, -0.2) is 39.5 Å². The molecule has 3 aliphatic rings. The molecule has 0 aromatic carbocycles. The summed E-state index contributed by atoms with van der Waals surface area (Å²) in [6.45, 7) is 5.89. The molecule has 0 spiro atoms. The molecule has 0 aromatic rings. The van der Waals surface area contributed by atoms with Crippen molar-refractivity contribution in [2.75, 3.05) is 33.5 Å². The molecule has 4 nitrogen and oxygen atoms in total. The summed E-state index contributed by atoms with van der Waals surface area (Å²) in [5.41, 5.74) is 0.432. The van der Waals surface area contributed by atoms with Gasteiger partial charge in [-0.1, -0.05) is 13.0 Å². The van der Waals surface area contributed by atoms with E-state index in [0.29, 0.717) is 24.5 Å². The summed E-state index contributed by atoms with van der Waals surface area (Å²) in [4.78, 5) is 11.0. The Hall–Kier alpha value is -0.870. The molecule has 0 aromatic heterocycles. The van der Waals surface area contributed by atoms with Crippen LogP contribution in [-0.2, 0) is 19.0 Å². The maximum absolute atomic E-state index is 11.0. The number of fused-ring (bicyclic) bond motifs is 5. The molecule has 5 atom stereocenters. The van der Waals surface area contributed by atoms with Gasteiger partial charge in [-0.25, -0.2) is 4.79 Å². The number of carbonyl (C=O) groups is 1. The molecule has 0 radical (unpaired) electrons. The molecule has 22 heavy (non-hydrogen) atoms. The van der Waals surface area contributed by atoms with Gasteiger partial charge in [-0.3, -0.25) is 0 Å². The number of ether oxygens (including phenoxy) is 3. The second-order valence-electron chi connectivity index (χ2n) is 7.21. The van der Waals surface area contributed by atoms with E-state index in [4.69, 9.17) is 14.2 Å². The summed E-state index contributed by atoms with van der Waals surface area (Å²) in [5.74, 6) is 2.82. The Bertz CT molecular complexity index is 421. The first kappa shape index (κ1) is 16.0. The predicted octanol–water partition coefficient (Wildman–Crippen LogP) is 2.82. The zero-order chi connectivity index (χ0) is 15.6. The van der Waals surface area contributed by atoms with Gasteiger partial charge in [0, 0.05) is 19.8 Å². The molecule has 0 saturated heterocycles. The van der Waals surface area contributed by atoms with Crippen LogP contribution in [0.2, 0.25) is 0 Å². The van der Waals surface area contributed by atoms with Gasteiger partial charge in [0.15, 0.2) is 0 Å². The van der Waals surface area contributed by atoms with Crippen molar-refractivity contribution in [1.29, 1.82) is 0 Å². The monoisotopic (exact) mass is 308 g/mol. The summed E-state index contributed by atoms with van der Waals surface area (Å²) in [6, 6.07) is 0. The molecule has 124 valence electrons. The lowest BCUT2D eigenvalue weighted by molar-refractivity contribution is -0.139. The molecule has 0 amide bonds. The second-order valence-corrected chi connectivity index (χ2v) is 7.21. The minimum Gasteiger partial charge on any atom is -0.460 e. The SMILES string of the molecule is C=CC(=O)OCCOCC1CC2CC1C1(COC)CCCC21. The molecular weight excluding hydrogens is 280 g/mol. The molecular formula is C18H28O4. The number of hydrogen-bond acceptors (Lipinski definition) is 4. The van der Waals surface area contributed by atoms with E-state index in [2.05, 4.69) is 6.58 Å². The Morgan fingerprint density at radius 1 is 1.32 bits per heavy atom. The number of carbonyl (C=O) groups excluding carboxylic acids is 1. The van der Waals surface area contributed by atoms with Crippen molar-refractivity contribution in [1.82, 2.24) is 0 Å². The third-order valence-electron chi connectivity index (χ3n) is 6.32. The Labute approximate surface area is 133 Å². The van der Waals surface area contributed by atoms with Crippen LogP contribution < -0.4 is 0 Å². The van der Waals surface area contributed by atoms with Gasteiger partial charge < -0.3 is 14.2 Å². The van der Waals surface area contributed by atoms with E-state index in [1.54, 1.807) is 0 Å². The Morgan fingerprint density at radius 2 is 2.18 bits per heavy atom. The highest BCUT2D eigenvalue weighted by molar-refractivity contribution is 5.81. The fourth-order valence-corrected chi connectivity index (χ4v) is 5.72. The summed E-state index contributed by atoms with van der Waals surface area (Å²) in [5, 5.41) is 0. The van der Waals surface area contributed by atoms with E-state index in [1.165, 1.54) is 38.2 Å². The van der Waals surface area contributed by atoms with Crippen molar-refractivity contribution in [2.45, 2.75) is 32.1 Å². The predicted molar refractivity (Wildman–Crippen MR) is 83.3 cm³/mol. The highest BCUT2D eigenvalue weighted by Gasteiger charge is 2.62. The minimum absolute atomic E-state index is 0.317. The molecule has 4 heteroatoms. The first-order valence-corrected chi connectivity index (χ1v) is 8.57. The van der Waals surface area contributed by atoms with Gasteiger partial charge in [-0.05, 0) is 54.8 Å². The van der Waals surface area contributed by atoms with E-state index >= 15 is 0 Å². The zero-order valence-corrected chi connectivity index (χ0v) is 13.6. The van der Waals surface area contributed by atoms with Crippen LogP contribution in [0, 0.1) is 29.1 Å². The lowest BCUT2D eigenvalue weighted by Crippen LogP contribution is -2.41. The fourth-order valence-electron chi connectivity index (χ4n) is 5.72. The van der Waals surface area contributed by atoms with Gasteiger partial charge in [0.25, 0.3) is 0 Å². The standard InChI is InChI=1S/C18H28O4/c1-3-17(19)22-8-7-21-11-14-9-13-10-16(14)18(12-20-2)6-4-5-15(13)18/h3,13-16H,1,4-12H2,2H3. The third kappa shape index (κ3) is 2.71. The van der Waals surface area contributed by atoms with Gasteiger partial charge in [0.2, 0.25) is 0 Å². The van der Waals surface area contributed by atoms with E-state index in [9.17, 15) is 4.79 Å². The Morgan fingerprint density at radius 3 is 2.95 bits per heavy atom. The Kier molecular flexibility index (Phi) is 4.88. The van der Waals surface area contributed by atoms with Crippen LogP contribution in [0.5, 0.6) is 0 Å². The van der Waals surface area contributed by atoms with Crippen LogP contribution >= 0.6 is 0 Å². The van der Waals surface area contributed by atoms with E-state index in [1.807, 2.05) is 7.11 Å². The first-order chi connectivity index (χ1) is 10.7. The van der Waals surface area contributed by atoms with E-state index < -0.39 is 0 Å². The summed E-state index contributed by atoms with van der Waals surface area (Å²) in [7, 11) is 1.84. The molecule has 3 aliphatic carbocycles. The number of esters is 1. The van der Waals surface area contributed by atoms with Crippen LogP contribution in [0.15, 0.2) is 12.7 Å². The fraction of sp³-hybridized carbons (Fsp3) is 0.833. The third-order valence-corrected chi connectivity index (χ3v) is 6.32. The highest BCUT2D eigenvalue weighted by atomic mass is 16.6. The topological polar surface area (TPSA) is 44.8 Å². The lowest BCUT2D eigenvalue weighted by atomic mass is 9.64. The van der Waals surface area contributed by atoms with Gasteiger partial charge in [-0.15, -0.1) is 0 Å². The molecule has 3 rings (SSSR count). The van der Waals surface area contributed by atoms with Crippen LogP contribution in [0.3, 0.4) is 0 Å². The maximum atomic E-state index is 11.0. The molecule has 0 aliphatic heterocycles. The molecule has 5 unspecified atom stereocenters. The largest absolute Gasteiger partial charge is 0.460 e. The van der Waals surface area contributed by atoms with Crippen LogP contribution in [0.4, 0.5) is 0 Å². The van der Waals surface area contributed by atoms with Crippen molar-refractivity contribution < 1.29 is 19.0 Å². The average Bonchev–Trinajstić information content (AvgIpc) is 3.17. The van der Waals surface area contributed by atoms with Crippen LogP contribution in [0.1, 0.15) is 32.1 Å². The molecule has 3 fully saturated rings. The minimum atomic E-state index is -0.378. The van der Waals surface area contributed by atoms with Gasteiger partial charge >= 0.3 is 5.97 Å². The van der Waals surface area contributed by atoms with E-state index in [-0.39, 0.29) is 5.97 Å². The number of hydrogen-bond donors (Lipinski definition) is 0. The van der Waals surface area contributed by atoms with Gasteiger partial charge in [0.1, 0.15) is 6.61 Å². The molecule has 3 saturated carbocycles. The van der Waals surface area contributed by atoms with E-state index in [0.717, 1.165) is 31.0 Å². The van der Waals surface area contributed by atoms with Crippen molar-refractivity contribution in [3.8, 4) is 0 Å². The average molecular weight is 308 g/mol. The zero-order valence-electron chi connectivity index (χ0n) is 13.6. The van der Waals surface area contributed by atoms with Crippen molar-refractivity contribution in [3.63, 3.8) is 0 Å². The molecule has 0 heterocycles. The van der Waals surface area contributed by atoms with Gasteiger partial charge in [0.05, 0.1) is 13.2 Å².